The zero-order chi connectivity index (χ0) is 58.3. The van der Waals surface area contributed by atoms with Crippen LogP contribution in [0.5, 0.6) is 0 Å². The normalized spacial score (nSPS) is 8.97. The van der Waals surface area contributed by atoms with Crippen LogP contribution in [-0.4, -0.2) is 94.7 Å². The summed E-state index contributed by atoms with van der Waals surface area (Å²) in [4.78, 5) is 58.3. The van der Waals surface area contributed by atoms with Gasteiger partial charge < -0.3 is 39.6 Å². The largest absolute Gasteiger partial charge is 2.00 e. The van der Waals surface area contributed by atoms with Gasteiger partial charge in [0.25, 0.3) is 0 Å². The number of carboxylic acid groups (broad SMARTS) is 4. The molecular formula is C48H48F12Mg2N8O8+8. The molecule has 0 saturated heterocycles. The van der Waals surface area contributed by atoms with Crippen LogP contribution in [0, 0.1) is 0 Å². The summed E-state index contributed by atoms with van der Waals surface area (Å²) in [5.74, 6) is -12.0. The summed E-state index contributed by atoms with van der Waals surface area (Å²) in [5, 5.41) is 35.1. The molecule has 0 atom stereocenters. The number of aromatic nitrogens is 8. The molecule has 8 aromatic heterocycles. The number of hydrogen-bond donors (Lipinski definition) is 0. The number of halogens is 12. The van der Waals surface area contributed by atoms with E-state index in [4.69, 9.17) is 39.6 Å². The van der Waals surface area contributed by atoms with E-state index in [-0.39, 0.29) is 46.1 Å². The molecule has 0 bridgehead atoms. The van der Waals surface area contributed by atoms with Gasteiger partial charge >= 0.3 is 70.8 Å². The minimum atomic E-state index is -5.19. The molecular weight excluding hydrogens is 1090 g/mol. The minimum absolute atomic E-state index is 0. The Morgan fingerprint density at radius 3 is 0.282 bits per heavy atom. The Hall–Kier alpha value is -8.23. The average molecular weight is 1140 g/mol. The fourth-order valence-electron chi connectivity index (χ4n) is 2.74. The standard InChI is InChI=1S/8C5H5N.4C2HF3O2.2Mg/c8*1-2-4-6-5-3-1;4*3-2(4,5)1(6)7;;/h8*1-5H;4*(H,6,7);;/q;;;;;;;;;;;;2*+2/p+4. The van der Waals surface area contributed by atoms with E-state index in [1.165, 1.54) is 0 Å². The third-order valence-corrected chi connectivity index (χ3v) is 5.78. The first-order valence-electron chi connectivity index (χ1n) is 20.2. The van der Waals surface area contributed by atoms with Crippen LogP contribution in [0.4, 0.5) is 52.7 Å². The van der Waals surface area contributed by atoms with E-state index < -0.39 is 48.6 Å². The van der Waals surface area contributed by atoms with Crippen LogP contribution >= 0.6 is 0 Å². The molecule has 0 unspecified atom stereocenters. The Balaban J connectivity index is -0.000000181. The molecule has 78 heavy (non-hydrogen) atoms. The zero-order valence-electron chi connectivity index (χ0n) is 40.3. The average Bonchev–Trinajstić information content (AvgIpc) is 3.43. The van der Waals surface area contributed by atoms with Gasteiger partial charge in [-0.1, -0.05) is 48.5 Å². The number of hydrogen-bond acceptors (Lipinski definition) is 8. The maximum atomic E-state index is 10.5. The summed E-state index contributed by atoms with van der Waals surface area (Å²) < 4.78 is 126. The van der Waals surface area contributed by atoms with Gasteiger partial charge in [-0.25, -0.2) is 39.9 Å². The molecule has 8 heterocycles. The van der Waals surface area contributed by atoms with Crippen LogP contribution in [0.25, 0.3) is 0 Å². The van der Waals surface area contributed by atoms with Crippen molar-refractivity contribution < 1.29 is 132 Å². The number of rotatable bonds is 0. The number of aromatic amines is 8. The van der Waals surface area contributed by atoms with Gasteiger partial charge in [0.2, 0.25) is 0 Å². The van der Waals surface area contributed by atoms with Gasteiger partial charge in [0.15, 0.2) is 99.1 Å². The quantitative estimate of drug-likeness (QED) is 0.151. The van der Waals surface area contributed by atoms with Crippen molar-refractivity contribution in [1.29, 1.82) is 0 Å². The molecule has 30 heteroatoms. The van der Waals surface area contributed by atoms with E-state index in [0.29, 0.717) is 0 Å². The van der Waals surface area contributed by atoms with Gasteiger partial charge in [0.05, 0.1) is 0 Å². The van der Waals surface area contributed by atoms with Crippen molar-refractivity contribution in [3.63, 3.8) is 0 Å². The molecule has 8 N–H and O–H groups in total. The van der Waals surface area contributed by atoms with E-state index in [1.54, 1.807) is 0 Å². The SMILES string of the molecule is O=C([O-])C(F)(F)F.O=C([O-])C(F)(F)F.O=C([O-])C(F)(F)F.O=C([O-])C(F)(F)F.[Mg+2].[Mg+2].c1cc[nH+]cc1.c1cc[nH+]cc1.c1cc[nH+]cc1.c1cc[nH+]cc1.c1cc[nH+]cc1.c1cc[nH+]cc1.c1cc[nH+]cc1.c1cc[nH+]cc1. The Labute approximate surface area is 469 Å². The second-order valence-electron chi connectivity index (χ2n) is 11.8. The van der Waals surface area contributed by atoms with Gasteiger partial charge in [-0.3, -0.25) is 0 Å². The van der Waals surface area contributed by atoms with Gasteiger partial charge in [-0.05, 0) is 0 Å². The van der Waals surface area contributed by atoms with Crippen molar-refractivity contribution in [1.82, 2.24) is 0 Å². The second-order valence-corrected chi connectivity index (χ2v) is 11.8. The fourth-order valence-corrected chi connectivity index (χ4v) is 2.74. The Bertz CT molecular complexity index is 1760. The molecule has 8 aromatic rings. The molecule has 0 aromatic carbocycles. The van der Waals surface area contributed by atoms with Crippen LogP contribution in [0.2, 0.25) is 0 Å². The second kappa shape index (κ2) is 55.0. The molecule has 0 aliphatic heterocycles. The first-order valence-corrected chi connectivity index (χ1v) is 20.2. The predicted molar refractivity (Wildman–Crippen MR) is 240 cm³/mol. The number of pyridine rings is 8. The van der Waals surface area contributed by atoms with Crippen LogP contribution in [0.3, 0.4) is 0 Å². The third-order valence-electron chi connectivity index (χ3n) is 5.78. The molecule has 8 rings (SSSR count). The number of carbonyl (C=O) groups is 4. The van der Waals surface area contributed by atoms with E-state index in [0.717, 1.165) is 0 Å². The van der Waals surface area contributed by atoms with Gasteiger partial charge in [0, 0.05) is 97.1 Å². The van der Waals surface area contributed by atoms with Gasteiger partial charge in [-0.15, -0.1) is 0 Å². The zero-order valence-corrected chi connectivity index (χ0v) is 43.1. The fraction of sp³-hybridized carbons (Fsp3) is 0.0833. The summed E-state index contributed by atoms with van der Waals surface area (Å²) in [6.07, 6.45) is 9.22. The number of nitrogens with one attached hydrogen (secondary N) is 8. The molecule has 0 fully saturated rings. The van der Waals surface area contributed by atoms with Gasteiger partial charge in [0.1, 0.15) is 23.9 Å². The van der Waals surface area contributed by atoms with Crippen LogP contribution in [0.1, 0.15) is 0 Å². The van der Waals surface area contributed by atoms with Crippen LogP contribution in [-0.2, 0) is 19.2 Å². The molecule has 16 nitrogen and oxygen atoms in total. The van der Waals surface area contributed by atoms with E-state index in [2.05, 4.69) is 39.9 Å². The number of carboxylic acids is 4. The number of alkyl halides is 12. The Morgan fingerprint density at radius 1 is 0.205 bits per heavy atom. The van der Waals surface area contributed by atoms with Crippen LogP contribution in [0.15, 0.2) is 245 Å². The predicted octanol–water partition coefficient (Wildman–Crippen LogP) is 0.438. The van der Waals surface area contributed by atoms with Crippen molar-refractivity contribution >= 4 is 70.0 Å². The Morgan fingerprint density at radius 2 is 0.269 bits per heavy atom. The van der Waals surface area contributed by atoms with Crippen molar-refractivity contribution in [2.45, 2.75) is 24.7 Å². The van der Waals surface area contributed by atoms with Gasteiger partial charge in [-0.2, -0.15) is 52.7 Å². The number of aliphatic carboxylic acids is 4. The smallest absolute Gasteiger partial charge is 0.542 e. The third kappa shape index (κ3) is 74.3. The summed E-state index contributed by atoms with van der Waals surface area (Å²) in [6.45, 7) is 0. The summed E-state index contributed by atoms with van der Waals surface area (Å²) in [5.41, 5.74) is 0. The van der Waals surface area contributed by atoms with Crippen molar-refractivity contribution in [2.24, 2.45) is 0 Å². The maximum Gasteiger partial charge on any atom is 2.00 e. The molecule has 0 radical (unpaired) electrons. The van der Waals surface area contributed by atoms with E-state index >= 15 is 0 Å². The summed E-state index contributed by atoms with van der Waals surface area (Å²) in [6, 6.07) is 46.9. The molecule has 408 valence electrons. The first kappa shape index (κ1) is 81.1. The monoisotopic (exact) mass is 1140 g/mol. The summed E-state index contributed by atoms with van der Waals surface area (Å²) in [7, 11) is 0. The topological polar surface area (TPSA) is 274 Å². The Kier molecular flexibility index (Phi) is 57.2. The van der Waals surface area contributed by atoms with Crippen molar-refractivity contribution in [3.05, 3.63) is 245 Å². The van der Waals surface area contributed by atoms with E-state index in [1.807, 2.05) is 245 Å². The summed E-state index contributed by atoms with van der Waals surface area (Å²) >= 11 is 0. The van der Waals surface area contributed by atoms with E-state index in [9.17, 15) is 52.7 Å². The minimum Gasteiger partial charge on any atom is -0.542 e. The molecule has 0 spiro atoms. The molecule has 0 amide bonds. The maximum absolute atomic E-state index is 10.5. The first-order chi connectivity index (χ1) is 35.8. The molecule has 0 aliphatic rings. The number of carbonyl (C=O) groups excluding carboxylic acids is 4. The number of H-pyrrole nitrogens is 8. The van der Waals surface area contributed by atoms with Crippen molar-refractivity contribution in [3.8, 4) is 0 Å². The molecule has 0 saturated carbocycles. The van der Waals surface area contributed by atoms with Crippen LogP contribution < -0.4 is 60.3 Å². The van der Waals surface area contributed by atoms with Crippen molar-refractivity contribution in [2.75, 3.05) is 0 Å². The molecule has 0 aliphatic carbocycles.